The van der Waals surface area contributed by atoms with Crippen LogP contribution in [0.1, 0.15) is 31.0 Å². The Morgan fingerprint density at radius 3 is 2.42 bits per heavy atom. The van der Waals surface area contributed by atoms with Crippen LogP contribution in [0.5, 0.6) is 5.75 Å². The van der Waals surface area contributed by atoms with E-state index in [0.29, 0.717) is 12.6 Å². The van der Waals surface area contributed by atoms with E-state index in [-0.39, 0.29) is 0 Å². The van der Waals surface area contributed by atoms with Crippen molar-refractivity contribution in [1.82, 2.24) is 5.32 Å². The summed E-state index contributed by atoms with van der Waals surface area (Å²) in [4.78, 5) is 0. The summed E-state index contributed by atoms with van der Waals surface area (Å²) in [5.74, 6) is 0.970. The second-order valence-corrected chi connectivity index (χ2v) is 4.55. The van der Waals surface area contributed by atoms with Gasteiger partial charge in [-0.1, -0.05) is 48.5 Å². The fourth-order valence-electron chi connectivity index (χ4n) is 2.07. The van der Waals surface area contributed by atoms with Crippen molar-refractivity contribution in [3.63, 3.8) is 0 Å². The van der Waals surface area contributed by atoms with Gasteiger partial charge in [0.2, 0.25) is 0 Å². The van der Waals surface area contributed by atoms with Gasteiger partial charge >= 0.3 is 0 Å². The monoisotopic (exact) mass is 255 g/mol. The minimum atomic E-state index is 0.330. The first kappa shape index (κ1) is 13.6. The number of para-hydroxylation sites is 1. The van der Waals surface area contributed by atoms with Crippen LogP contribution in [-0.4, -0.2) is 6.61 Å². The summed E-state index contributed by atoms with van der Waals surface area (Å²) in [6, 6.07) is 19.0. The van der Waals surface area contributed by atoms with Crippen molar-refractivity contribution in [2.24, 2.45) is 0 Å². The van der Waals surface area contributed by atoms with Crippen molar-refractivity contribution in [2.75, 3.05) is 6.61 Å². The first-order chi connectivity index (χ1) is 9.31. The molecule has 2 heteroatoms. The third kappa shape index (κ3) is 3.83. The molecule has 0 saturated carbocycles. The Balaban J connectivity index is 1.99. The lowest BCUT2D eigenvalue weighted by molar-refractivity contribution is 0.335. The summed E-state index contributed by atoms with van der Waals surface area (Å²) in [6.07, 6.45) is 0. The molecule has 100 valence electrons. The number of nitrogens with one attached hydrogen (secondary N) is 1. The average Bonchev–Trinajstić information content (AvgIpc) is 2.47. The van der Waals surface area contributed by atoms with Crippen LogP contribution in [0.4, 0.5) is 0 Å². The first-order valence-corrected chi connectivity index (χ1v) is 6.80. The van der Waals surface area contributed by atoms with Gasteiger partial charge in [-0.2, -0.15) is 0 Å². The van der Waals surface area contributed by atoms with Gasteiger partial charge in [-0.05, 0) is 25.5 Å². The van der Waals surface area contributed by atoms with Gasteiger partial charge in [0.05, 0.1) is 6.61 Å². The highest BCUT2D eigenvalue weighted by molar-refractivity contribution is 5.33. The molecule has 1 N–H and O–H groups in total. The van der Waals surface area contributed by atoms with Gasteiger partial charge in [0.15, 0.2) is 0 Å². The Kier molecular flexibility index (Phi) is 4.99. The van der Waals surface area contributed by atoms with Crippen LogP contribution >= 0.6 is 0 Å². The van der Waals surface area contributed by atoms with Crippen LogP contribution < -0.4 is 10.1 Å². The molecule has 0 aliphatic heterocycles. The Hall–Kier alpha value is -1.80. The largest absolute Gasteiger partial charge is 0.494 e. The zero-order chi connectivity index (χ0) is 13.5. The summed E-state index contributed by atoms with van der Waals surface area (Å²) in [7, 11) is 0. The number of benzene rings is 2. The molecule has 2 aromatic carbocycles. The van der Waals surface area contributed by atoms with Gasteiger partial charge in [0.25, 0.3) is 0 Å². The van der Waals surface area contributed by atoms with E-state index in [9.17, 15) is 0 Å². The SMILES string of the molecule is CCOc1ccccc1CN[C@H](C)c1ccccc1. The van der Waals surface area contributed by atoms with E-state index in [0.717, 1.165) is 12.3 Å². The van der Waals surface area contributed by atoms with Gasteiger partial charge in [0, 0.05) is 18.2 Å². The van der Waals surface area contributed by atoms with E-state index in [2.05, 4.69) is 42.6 Å². The zero-order valence-electron chi connectivity index (χ0n) is 11.6. The predicted octanol–water partition coefficient (Wildman–Crippen LogP) is 3.94. The number of hydrogen-bond acceptors (Lipinski definition) is 2. The van der Waals surface area contributed by atoms with Crippen LogP contribution in [0.15, 0.2) is 54.6 Å². The molecule has 0 unspecified atom stereocenters. The van der Waals surface area contributed by atoms with E-state index in [1.165, 1.54) is 11.1 Å². The molecule has 2 nitrogen and oxygen atoms in total. The molecular formula is C17H21NO. The fraction of sp³-hybridized carbons (Fsp3) is 0.294. The summed E-state index contributed by atoms with van der Waals surface area (Å²) < 4.78 is 5.63. The Labute approximate surface area is 115 Å². The van der Waals surface area contributed by atoms with Crippen molar-refractivity contribution in [1.29, 1.82) is 0 Å². The molecule has 0 saturated heterocycles. The molecule has 0 spiro atoms. The molecule has 0 fully saturated rings. The first-order valence-electron chi connectivity index (χ1n) is 6.80. The third-order valence-corrected chi connectivity index (χ3v) is 3.17. The highest BCUT2D eigenvalue weighted by Crippen LogP contribution is 2.19. The quantitative estimate of drug-likeness (QED) is 0.844. The van der Waals surface area contributed by atoms with Crippen molar-refractivity contribution in [2.45, 2.75) is 26.4 Å². The van der Waals surface area contributed by atoms with Gasteiger partial charge in [0.1, 0.15) is 5.75 Å². The lowest BCUT2D eigenvalue weighted by Crippen LogP contribution is -2.18. The summed E-state index contributed by atoms with van der Waals surface area (Å²) in [5.41, 5.74) is 2.50. The molecule has 2 aromatic rings. The summed E-state index contributed by atoms with van der Waals surface area (Å²) in [5, 5.41) is 3.53. The van der Waals surface area contributed by atoms with Crippen LogP contribution in [0.3, 0.4) is 0 Å². The van der Waals surface area contributed by atoms with E-state index >= 15 is 0 Å². The van der Waals surface area contributed by atoms with Crippen LogP contribution in [0, 0.1) is 0 Å². The molecule has 0 radical (unpaired) electrons. The molecule has 1 atom stereocenters. The Morgan fingerprint density at radius 2 is 1.68 bits per heavy atom. The average molecular weight is 255 g/mol. The van der Waals surface area contributed by atoms with E-state index < -0.39 is 0 Å². The zero-order valence-corrected chi connectivity index (χ0v) is 11.6. The molecule has 0 amide bonds. The molecule has 19 heavy (non-hydrogen) atoms. The lowest BCUT2D eigenvalue weighted by Gasteiger charge is -2.16. The minimum absolute atomic E-state index is 0.330. The van der Waals surface area contributed by atoms with Crippen LogP contribution in [0.2, 0.25) is 0 Å². The fourth-order valence-corrected chi connectivity index (χ4v) is 2.07. The lowest BCUT2D eigenvalue weighted by atomic mass is 10.1. The van der Waals surface area contributed by atoms with Crippen LogP contribution in [-0.2, 0) is 6.54 Å². The number of hydrogen-bond donors (Lipinski definition) is 1. The number of ether oxygens (including phenoxy) is 1. The normalized spacial score (nSPS) is 12.1. The Bertz CT molecular complexity index is 496. The second kappa shape index (κ2) is 6.95. The minimum Gasteiger partial charge on any atom is -0.494 e. The molecule has 0 aliphatic carbocycles. The standard InChI is InChI=1S/C17H21NO/c1-3-19-17-12-8-7-11-16(17)13-18-14(2)15-9-5-4-6-10-15/h4-12,14,18H,3,13H2,1-2H3/t14-/m1/s1. The maximum absolute atomic E-state index is 5.63. The highest BCUT2D eigenvalue weighted by atomic mass is 16.5. The van der Waals surface area contributed by atoms with Gasteiger partial charge < -0.3 is 10.1 Å². The molecular weight excluding hydrogens is 234 g/mol. The molecule has 2 rings (SSSR count). The van der Waals surface area contributed by atoms with E-state index in [1.807, 2.05) is 31.2 Å². The van der Waals surface area contributed by atoms with Gasteiger partial charge in [-0.25, -0.2) is 0 Å². The molecule has 0 aliphatic rings. The van der Waals surface area contributed by atoms with E-state index in [4.69, 9.17) is 4.74 Å². The maximum atomic E-state index is 5.63. The smallest absolute Gasteiger partial charge is 0.123 e. The van der Waals surface area contributed by atoms with Crippen molar-refractivity contribution >= 4 is 0 Å². The van der Waals surface area contributed by atoms with E-state index in [1.54, 1.807) is 0 Å². The highest BCUT2D eigenvalue weighted by Gasteiger charge is 2.06. The van der Waals surface area contributed by atoms with Crippen molar-refractivity contribution in [3.8, 4) is 5.75 Å². The predicted molar refractivity (Wildman–Crippen MR) is 79.3 cm³/mol. The summed E-state index contributed by atoms with van der Waals surface area (Å²) >= 11 is 0. The number of rotatable bonds is 6. The van der Waals surface area contributed by atoms with Crippen molar-refractivity contribution in [3.05, 3.63) is 65.7 Å². The van der Waals surface area contributed by atoms with Gasteiger partial charge in [-0.3, -0.25) is 0 Å². The second-order valence-electron chi connectivity index (χ2n) is 4.55. The van der Waals surface area contributed by atoms with Crippen molar-refractivity contribution < 1.29 is 4.74 Å². The topological polar surface area (TPSA) is 21.3 Å². The molecule has 0 heterocycles. The summed E-state index contributed by atoms with van der Waals surface area (Å²) in [6.45, 7) is 5.70. The molecule has 0 aromatic heterocycles. The maximum Gasteiger partial charge on any atom is 0.123 e. The molecule has 0 bridgehead atoms. The Morgan fingerprint density at radius 1 is 1.00 bits per heavy atom. The third-order valence-electron chi connectivity index (χ3n) is 3.17. The van der Waals surface area contributed by atoms with Crippen LogP contribution in [0.25, 0.3) is 0 Å². The van der Waals surface area contributed by atoms with Gasteiger partial charge in [-0.15, -0.1) is 0 Å².